The highest BCUT2D eigenvalue weighted by molar-refractivity contribution is 6.11. The van der Waals surface area contributed by atoms with Gasteiger partial charge in [-0.05, 0) is 115 Å². The van der Waals surface area contributed by atoms with Crippen LogP contribution >= 0.6 is 0 Å². The van der Waals surface area contributed by atoms with Crippen LogP contribution in [0.1, 0.15) is 22.3 Å². The van der Waals surface area contributed by atoms with Gasteiger partial charge in [0.2, 0.25) is 5.71 Å². The van der Waals surface area contributed by atoms with Crippen LogP contribution in [-0.2, 0) is 5.41 Å². The van der Waals surface area contributed by atoms with E-state index >= 15 is 0 Å². The van der Waals surface area contributed by atoms with Crippen LogP contribution in [0.15, 0.2) is 211 Å². The van der Waals surface area contributed by atoms with Crippen LogP contribution < -0.4 is 4.90 Å². The van der Waals surface area contributed by atoms with Gasteiger partial charge in [-0.25, -0.2) is 0 Å². The Balaban J connectivity index is 1.13. The number of para-hydroxylation sites is 3. The molecule has 2 aliphatic rings. The third kappa shape index (κ3) is 4.07. The molecule has 9 aromatic carbocycles. The van der Waals surface area contributed by atoms with Gasteiger partial charge in [-0.3, -0.25) is 4.40 Å². The molecule has 3 heteroatoms. The first-order valence-corrected chi connectivity index (χ1v) is 20.0. The van der Waals surface area contributed by atoms with E-state index in [9.17, 15) is 0 Å². The lowest BCUT2D eigenvalue weighted by Crippen LogP contribution is -2.26. The van der Waals surface area contributed by atoms with Crippen molar-refractivity contribution in [2.45, 2.75) is 5.41 Å². The number of rotatable bonds is 4. The second-order valence-corrected chi connectivity index (χ2v) is 15.6. The van der Waals surface area contributed by atoms with Crippen molar-refractivity contribution in [3.05, 3.63) is 229 Å². The molecule has 0 atom stereocenters. The molecule has 2 aliphatic carbocycles. The summed E-state index contributed by atoms with van der Waals surface area (Å²) in [6.45, 7) is 0. The topological polar surface area (TPSA) is 20.8 Å². The molecule has 58 heavy (non-hydrogen) atoms. The first-order chi connectivity index (χ1) is 28.8. The highest BCUT2D eigenvalue weighted by Crippen LogP contribution is 2.63. The quantitative estimate of drug-likeness (QED) is 0.179. The zero-order valence-electron chi connectivity index (χ0n) is 31.4. The van der Waals surface area contributed by atoms with E-state index in [1.165, 1.54) is 66.4 Å². The normalized spacial score (nSPS) is 13.3. The van der Waals surface area contributed by atoms with Gasteiger partial charge in [-0.15, -0.1) is 0 Å². The van der Waals surface area contributed by atoms with Crippen molar-refractivity contribution in [2.24, 2.45) is 0 Å². The van der Waals surface area contributed by atoms with Crippen molar-refractivity contribution in [2.75, 3.05) is 4.90 Å². The number of aromatic nitrogens is 1. The number of fused-ring (bicyclic) bond motifs is 16. The Morgan fingerprint density at radius 2 is 1.00 bits per heavy atom. The minimum atomic E-state index is -0.462. The SMILES string of the molecule is c1ccc(N(c2ccc3c(c2)C2(c4ccccc4-c4ccccc42)c2ccccc2-3)c2c3cc(-c4cccc5ccccc45)ccc3n3c2oc2ccccc23)cc1. The lowest BCUT2D eigenvalue weighted by atomic mass is 9.70. The molecule has 270 valence electrons. The zero-order valence-corrected chi connectivity index (χ0v) is 31.4. The Morgan fingerprint density at radius 3 is 1.76 bits per heavy atom. The molecule has 0 bridgehead atoms. The minimum absolute atomic E-state index is 0.462. The summed E-state index contributed by atoms with van der Waals surface area (Å²) in [6.07, 6.45) is 0. The Morgan fingerprint density at radius 1 is 0.397 bits per heavy atom. The first-order valence-electron chi connectivity index (χ1n) is 20.0. The molecule has 0 aliphatic heterocycles. The summed E-state index contributed by atoms with van der Waals surface area (Å²) in [5, 5.41) is 3.58. The number of hydrogen-bond donors (Lipinski definition) is 0. The smallest absolute Gasteiger partial charge is 0.230 e. The first kappa shape index (κ1) is 31.6. The van der Waals surface area contributed by atoms with Crippen LogP contribution in [0.4, 0.5) is 17.1 Å². The zero-order chi connectivity index (χ0) is 38.0. The molecule has 0 saturated heterocycles. The van der Waals surface area contributed by atoms with Crippen LogP contribution in [0, 0.1) is 0 Å². The van der Waals surface area contributed by atoms with Crippen LogP contribution in [0.3, 0.4) is 0 Å². The molecular formula is C55H34N2O. The molecule has 2 heterocycles. The average molecular weight is 739 g/mol. The van der Waals surface area contributed by atoms with E-state index in [-0.39, 0.29) is 0 Å². The molecule has 13 rings (SSSR count). The van der Waals surface area contributed by atoms with Crippen molar-refractivity contribution in [1.82, 2.24) is 4.40 Å². The third-order valence-electron chi connectivity index (χ3n) is 12.8. The maximum atomic E-state index is 6.96. The largest absolute Gasteiger partial charge is 0.436 e. The lowest BCUT2D eigenvalue weighted by Gasteiger charge is -2.32. The van der Waals surface area contributed by atoms with Crippen molar-refractivity contribution >= 4 is 55.6 Å². The Labute approximate surface area is 335 Å². The van der Waals surface area contributed by atoms with Crippen LogP contribution in [0.2, 0.25) is 0 Å². The van der Waals surface area contributed by atoms with Gasteiger partial charge in [0.25, 0.3) is 0 Å². The maximum Gasteiger partial charge on any atom is 0.230 e. The second kappa shape index (κ2) is 11.7. The van der Waals surface area contributed by atoms with Gasteiger partial charge in [0, 0.05) is 16.8 Å². The monoisotopic (exact) mass is 738 g/mol. The number of anilines is 3. The lowest BCUT2D eigenvalue weighted by molar-refractivity contribution is 0.657. The Hall–Kier alpha value is -7.62. The fourth-order valence-electron chi connectivity index (χ4n) is 10.5. The van der Waals surface area contributed by atoms with E-state index < -0.39 is 5.41 Å². The minimum Gasteiger partial charge on any atom is -0.436 e. The summed E-state index contributed by atoms with van der Waals surface area (Å²) in [5.41, 5.74) is 19.3. The molecule has 3 nitrogen and oxygen atoms in total. The highest BCUT2D eigenvalue weighted by Gasteiger charge is 2.51. The van der Waals surface area contributed by atoms with E-state index in [1.807, 2.05) is 0 Å². The van der Waals surface area contributed by atoms with Gasteiger partial charge in [-0.1, -0.05) is 158 Å². The predicted molar refractivity (Wildman–Crippen MR) is 239 cm³/mol. The highest BCUT2D eigenvalue weighted by atomic mass is 16.3. The van der Waals surface area contributed by atoms with E-state index in [0.717, 1.165) is 44.8 Å². The average Bonchev–Trinajstić information content (AvgIpc) is 4.00. The summed E-state index contributed by atoms with van der Waals surface area (Å²) < 4.78 is 9.26. The molecule has 2 aromatic heterocycles. The molecular weight excluding hydrogens is 705 g/mol. The Bertz CT molecular complexity index is 3410. The molecule has 0 radical (unpaired) electrons. The summed E-state index contributed by atoms with van der Waals surface area (Å²) in [7, 11) is 0. The van der Waals surface area contributed by atoms with E-state index in [1.54, 1.807) is 0 Å². The third-order valence-corrected chi connectivity index (χ3v) is 12.8. The molecule has 0 fully saturated rings. The maximum absolute atomic E-state index is 6.96. The molecule has 0 saturated carbocycles. The van der Waals surface area contributed by atoms with E-state index in [4.69, 9.17) is 4.42 Å². The van der Waals surface area contributed by atoms with Crippen LogP contribution in [0.25, 0.3) is 71.9 Å². The van der Waals surface area contributed by atoms with Gasteiger partial charge >= 0.3 is 0 Å². The van der Waals surface area contributed by atoms with Gasteiger partial charge in [-0.2, -0.15) is 0 Å². The molecule has 11 aromatic rings. The van der Waals surface area contributed by atoms with Gasteiger partial charge in [0.15, 0.2) is 5.58 Å². The van der Waals surface area contributed by atoms with E-state index in [2.05, 4.69) is 216 Å². The molecule has 1 spiro atoms. The van der Waals surface area contributed by atoms with Crippen LogP contribution in [0.5, 0.6) is 0 Å². The Kier molecular flexibility index (Phi) is 6.37. The summed E-state index contributed by atoms with van der Waals surface area (Å²) in [5.74, 6) is 0. The van der Waals surface area contributed by atoms with Gasteiger partial charge < -0.3 is 9.32 Å². The van der Waals surface area contributed by atoms with Crippen LogP contribution in [-0.4, -0.2) is 4.40 Å². The number of nitrogens with zero attached hydrogens (tertiary/aromatic N) is 2. The number of benzene rings is 9. The summed E-state index contributed by atoms with van der Waals surface area (Å²) in [4.78, 5) is 2.43. The molecule has 0 N–H and O–H groups in total. The van der Waals surface area contributed by atoms with Gasteiger partial charge in [0.05, 0.1) is 16.4 Å². The number of hydrogen-bond acceptors (Lipinski definition) is 2. The fraction of sp³-hybridized carbons (Fsp3) is 0.0182. The number of oxazole rings is 1. The van der Waals surface area contributed by atoms with Crippen molar-refractivity contribution in [3.63, 3.8) is 0 Å². The van der Waals surface area contributed by atoms with Crippen molar-refractivity contribution in [3.8, 4) is 33.4 Å². The molecule has 0 amide bonds. The predicted octanol–water partition coefficient (Wildman–Crippen LogP) is 14.5. The fourth-order valence-corrected chi connectivity index (χ4v) is 10.5. The summed E-state index contributed by atoms with van der Waals surface area (Å²) >= 11 is 0. The van der Waals surface area contributed by atoms with Gasteiger partial charge in [0.1, 0.15) is 5.69 Å². The summed E-state index contributed by atoms with van der Waals surface area (Å²) in [6, 6.07) is 75.5. The van der Waals surface area contributed by atoms with E-state index in [0.29, 0.717) is 0 Å². The standard InChI is InChI=1S/C55H34N2O/c1-2-17-37(18-3-1)56(38-30-31-44-43-22-8-11-26-48(43)55(49(44)34-38)46-24-9-6-20-41(46)42-21-7-10-25-47(42)55)53-45-33-36(40-23-14-16-35-15-4-5-19-39(35)40)29-32-50(45)57-51-27-12-13-28-52(51)58-54(53)57/h1-34H. The second-order valence-electron chi connectivity index (χ2n) is 15.6. The van der Waals surface area contributed by atoms with Crippen molar-refractivity contribution in [1.29, 1.82) is 0 Å². The molecule has 0 unspecified atom stereocenters. The van der Waals surface area contributed by atoms with Crippen molar-refractivity contribution < 1.29 is 4.42 Å².